The Labute approximate surface area is 151 Å². The summed E-state index contributed by atoms with van der Waals surface area (Å²) in [7, 11) is 1.90. The molecule has 8 heteroatoms. The van der Waals surface area contributed by atoms with Crippen LogP contribution < -0.4 is 10.7 Å². The molecule has 2 N–H and O–H groups in total. The number of halogens is 1. The van der Waals surface area contributed by atoms with E-state index < -0.39 is 0 Å². The number of hydrazone groups is 1. The summed E-state index contributed by atoms with van der Waals surface area (Å²) in [6.07, 6.45) is 4.85. The minimum atomic E-state index is 0.754. The molecular weight excluding hydrogens is 425 g/mol. The van der Waals surface area contributed by atoms with Gasteiger partial charge < -0.3 is 9.73 Å². The molecule has 0 aliphatic rings. The summed E-state index contributed by atoms with van der Waals surface area (Å²) in [6.45, 7) is 0.763. The van der Waals surface area contributed by atoms with E-state index in [0.29, 0.717) is 0 Å². The first-order valence-electron chi connectivity index (χ1n) is 6.83. The summed E-state index contributed by atoms with van der Waals surface area (Å²) in [5.41, 5.74) is 5.95. The Balaban J connectivity index is 1.66. The van der Waals surface area contributed by atoms with E-state index in [1.807, 2.05) is 30.6 Å². The summed E-state index contributed by atoms with van der Waals surface area (Å²) in [6, 6.07) is 5.93. The van der Waals surface area contributed by atoms with E-state index in [-0.39, 0.29) is 0 Å². The molecule has 0 aliphatic carbocycles. The molecule has 1 aromatic carbocycles. The van der Waals surface area contributed by atoms with E-state index in [1.165, 1.54) is 6.39 Å². The van der Waals surface area contributed by atoms with Crippen LogP contribution in [0.5, 0.6) is 0 Å². The topological polar surface area (TPSA) is 75.3 Å². The zero-order valence-corrected chi connectivity index (χ0v) is 15.3. The lowest BCUT2D eigenvalue weighted by atomic mass is 10.2. The number of benzene rings is 1. The fraction of sp³-hybridized carbons (Fsp3) is 0.133. The highest BCUT2D eigenvalue weighted by Gasteiger charge is 2.07. The van der Waals surface area contributed by atoms with Gasteiger partial charge in [-0.3, -0.25) is 5.43 Å². The molecule has 0 amide bonds. The summed E-state index contributed by atoms with van der Waals surface area (Å²) in [4.78, 5) is 8.38. The SMILES string of the molecule is CNCc1csc(C=NNc2ccc(-c3cnco3)c(I)c2)n1. The van der Waals surface area contributed by atoms with Crippen LogP contribution in [-0.4, -0.2) is 23.2 Å². The predicted molar refractivity (Wildman–Crippen MR) is 101 cm³/mol. The molecule has 3 aromatic rings. The Morgan fingerprint density at radius 2 is 2.35 bits per heavy atom. The van der Waals surface area contributed by atoms with Crippen LogP contribution >= 0.6 is 33.9 Å². The molecule has 6 nitrogen and oxygen atoms in total. The second-order valence-electron chi connectivity index (χ2n) is 4.64. The highest BCUT2D eigenvalue weighted by atomic mass is 127. The largest absolute Gasteiger partial charge is 0.443 e. The normalized spacial score (nSPS) is 11.2. The summed E-state index contributed by atoms with van der Waals surface area (Å²) in [5.74, 6) is 0.754. The Morgan fingerprint density at radius 1 is 1.43 bits per heavy atom. The van der Waals surface area contributed by atoms with Crippen LogP contribution in [-0.2, 0) is 6.54 Å². The van der Waals surface area contributed by atoms with Gasteiger partial charge in [-0.25, -0.2) is 9.97 Å². The molecular formula is C15H14IN5OS. The molecule has 0 saturated heterocycles. The Bertz CT molecular complexity index is 800. The van der Waals surface area contributed by atoms with Crippen molar-refractivity contribution in [1.82, 2.24) is 15.3 Å². The zero-order chi connectivity index (χ0) is 16.1. The first kappa shape index (κ1) is 16.1. The fourth-order valence-electron chi connectivity index (χ4n) is 1.94. The fourth-order valence-corrected chi connectivity index (χ4v) is 3.40. The molecule has 23 heavy (non-hydrogen) atoms. The van der Waals surface area contributed by atoms with E-state index >= 15 is 0 Å². The number of nitrogens with zero attached hydrogens (tertiary/aromatic N) is 3. The molecule has 0 bridgehead atoms. The molecule has 0 fully saturated rings. The Kier molecular flexibility index (Phi) is 5.36. The number of aromatic nitrogens is 2. The molecule has 0 saturated carbocycles. The highest BCUT2D eigenvalue weighted by Crippen LogP contribution is 2.27. The highest BCUT2D eigenvalue weighted by molar-refractivity contribution is 14.1. The maximum Gasteiger partial charge on any atom is 0.181 e. The lowest BCUT2D eigenvalue weighted by Gasteiger charge is -2.04. The minimum absolute atomic E-state index is 0.754. The van der Waals surface area contributed by atoms with Crippen molar-refractivity contribution in [2.45, 2.75) is 6.54 Å². The van der Waals surface area contributed by atoms with Gasteiger partial charge in [-0.1, -0.05) is 0 Å². The third kappa shape index (κ3) is 4.15. The average molecular weight is 439 g/mol. The quantitative estimate of drug-likeness (QED) is 0.349. The average Bonchev–Trinajstić information content (AvgIpc) is 3.20. The van der Waals surface area contributed by atoms with Gasteiger partial charge in [0.1, 0.15) is 5.01 Å². The smallest absolute Gasteiger partial charge is 0.181 e. The second-order valence-corrected chi connectivity index (χ2v) is 6.69. The van der Waals surface area contributed by atoms with Crippen molar-refractivity contribution in [2.75, 3.05) is 12.5 Å². The van der Waals surface area contributed by atoms with Crippen molar-refractivity contribution in [2.24, 2.45) is 5.10 Å². The van der Waals surface area contributed by atoms with E-state index in [1.54, 1.807) is 23.7 Å². The van der Waals surface area contributed by atoms with Crippen molar-refractivity contribution >= 4 is 45.8 Å². The van der Waals surface area contributed by atoms with E-state index in [0.717, 1.165) is 37.8 Å². The third-order valence-electron chi connectivity index (χ3n) is 2.96. The monoisotopic (exact) mass is 439 g/mol. The zero-order valence-electron chi connectivity index (χ0n) is 12.3. The van der Waals surface area contributed by atoms with Gasteiger partial charge in [0, 0.05) is 21.1 Å². The number of anilines is 1. The van der Waals surface area contributed by atoms with Crippen molar-refractivity contribution in [1.29, 1.82) is 0 Å². The number of hydrogen-bond donors (Lipinski definition) is 2. The molecule has 0 radical (unpaired) electrons. The number of hydrogen-bond acceptors (Lipinski definition) is 7. The van der Waals surface area contributed by atoms with Gasteiger partial charge in [0.2, 0.25) is 0 Å². The van der Waals surface area contributed by atoms with Gasteiger partial charge in [0.15, 0.2) is 12.2 Å². The number of rotatable bonds is 6. The standard InChI is InChI=1S/C15H14IN5OS/c1-17-5-11-8-23-15(20-11)7-19-21-10-2-3-12(13(16)4-10)14-6-18-9-22-14/h2-4,6-9,17,21H,5H2,1H3. The van der Waals surface area contributed by atoms with E-state index in [2.05, 4.69) is 48.4 Å². The van der Waals surface area contributed by atoms with Crippen LogP contribution in [0.3, 0.4) is 0 Å². The second kappa shape index (κ2) is 7.66. The minimum Gasteiger partial charge on any atom is -0.443 e. The first-order valence-corrected chi connectivity index (χ1v) is 8.78. The van der Waals surface area contributed by atoms with Crippen molar-refractivity contribution in [3.05, 3.63) is 50.4 Å². The van der Waals surface area contributed by atoms with Crippen LogP contribution in [0.4, 0.5) is 5.69 Å². The first-order chi connectivity index (χ1) is 11.3. The molecule has 2 aromatic heterocycles. The van der Waals surface area contributed by atoms with Gasteiger partial charge in [-0.15, -0.1) is 11.3 Å². The van der Waals surface area contributed by atoms with E-state index in [9.17, 15) is 0 Å². The maximum atomic E-state index is 5.32. The van der Waals surface area contributed by atoms with Crippen molar-refractivity contribution < 1.29 is 4.42 Å². The Hall–Kier alpha value is -1.78. The molecule has 2 heterocycles. The van der Waals surface area contributed by atoms with Crippen LogP contribution in [0.15, 0.2) is 45.7 Å². The summed E-state index contributed by atoms with van der Waals surface area (Å²) < 4.78 is 6.38. The van der Waals surface area contributed by atoms with Crippen molar-refractivity contribution in [3.8, 4) is 11.3 Å². The molecule has 0 atom stereocenters. The van der Waals surface area contributed by atoms with E-state index in [4.69, 9.17) is 4.42 Å². The summed E-state index contributed by atoms with van der Waals surface area (Å²) in [5, 5.41) is 10.2. The van der Waals surface area contributed by atoms with Gasteiger partial charge >= 0.3 is 0 Å². The maximum absolute atomic E-state index is 5.32. The summed E-state index contributed by atoms with van der Waals surface area (Å²) >= 11 is 3.83. The molecule has 0 spiro atoms. The van der Waals surface area contributed by atoms with Gasteiger partial charge in [-0.2, -0.15) is 5.10 Å². The van der Waals surface area contributed by atoms with Crippen LogP contribution in [0.25, 0.3) is 11.3 Å². The molecule has 0 aliphatic heterocycles. The molecule has 118 valence electrons. The van der Waals surface area contributed by atoms with Crippen LogP contribution in [0, 0.1) is 3.57 Å². The van der Waals surface area contributed by atoms with Crippen LogP contribution in [0.1, 0.15) is 10.7 Å². The Morgan fingerprint density at radius 3 is 3.09 bits per heavy atom. The number of nitrogens with one attached hydrogen (secondary N) is 2. The molecule has 3 rings (SSSR count). The van der Waals surface area contributed by atoms with Gasteiger partial charge in [-0.05, 0) is 47.8 Å². The number of thiazole rings is 1. The predicted octanol–water partition coefficient (Wildman–Crippen LogP) is 3.57. The van der Waals surface area contributed by atoms with Crippen molar-refractivity contribution in [3.63, 3.8) is 0 Å². The lowest BCUT2D eigenvalue weighted by Crippen LogP contribution is -2.05. The van der Waals surface area contributed by atoms with Crippen LogP contribution in [0.2, 0.25) is 0 Å². The third-order valence-corrected chi connectivity index (χ3v) is 4.68. The van der Waals surface area contributed by atoms with Gasteiger partial charge in [0.25, 0.3) is 0 Å². The lowest BCUT2D eigenvalue weighted by molar-refractivity contribution is 0.571. The number of oxazole rings is 1. The van der Waals surface area contributed by atoms with Gasteiger partial charge in [0.05, 0.1) is 23.8 Å². The molecule has 0 unspecified atom stereocenters.